The van der Waals surface area contributed by atoms with E-state index >= 15 is 0 Å². The Hall–Kier alpha value is -1.02. The van der Waals surface area contributed by atoms with Crippen LogP contribution in [0.25, 0.3) is 0 Å². The van der Waals surface area contributed by atoms with E-state index in [1.807, 2.05) is 0 Å². The predicted molar refractivity (Wildman–Crippen MR) is 138 cm³/mol. The maximum atomic E-state index is 13.0. The Morgan fingerprint density at radius 1 is 0.848 bits per heavy atom. The maximum Gasteiger partial charge on any atom is 0.314 e. The lowest BCUT2D eigenvalue weighted by Crippen LogP contribution is -2.40. The number of hydrogen-bond donors (Lipinski definition) is 0. The van der Waals surface area contributed by atoms with Gasteiger partial charge < -0.3 is 4.74 Å². The Labute approximate surface area is 207 Å². The highest BCUT2D eigenvalue weighted by Crippen LogP contribution is 2.50. The maximum absolute atomic E-state index is 13.0. The summed E-state index contributed by atoms with van der Waals surface area (Å²) in [6.45, 7) is 2.30. The van der Waals surface area contributed by atoms with Gasteiger partial charge in [-0.3, -0.25) is 4.79 Å². The molecule has 184 valence electrons. The number of halogens is 1. The van der Waals surface area contributed by atoms with Gasteiger partial charge >= 0.3 is 5.97 Å². The van der Waals surface area contributed by atoms with Gasteiger partial charge in [-0.2, -0.15) is 0 Å². The van der Waals surface area contributed by atoms with Gasteiger partial charge in [0, 0.05) is 5.02 Å². The van der Waals surface area contributed by atoms with Crippen LogP contribution in [-0.4, -0.2) is 5.97 Å². The summed E-state index contributed by atoms with van der Waals surface area (Å²) in [7, 11) is 0. The molecule has 0 radical (unpaired) electrons. The average Bonchev–Trinajstić information content (AvgIpc) is 2.85. The van der Waals surface area contributed by atoms with Gasteiger partial charge in [0.1, 0.15) is 5.75 Å². The van der Waals surface area contributed by atoms with E-state index in [9.17, 15) is 4.79 Å². The molecule has 4 rings (SSSR count). The van der Waals surface area contributed by atoms with E-state index in [1.165, 1.54) is 96.3 Å². The topological polar surface area (TPSA) is 26.3 Å². The third-order valence-electron chi connectivity index (χ3n) is 9.30. The first-order chi connectivity index (χ1) is 16.1. The SMILES string of the molecule is CCCCCCCC1CCC(C2CCC3C(CCCC3C(=O)Oc3ccc(Cl)cc3)C2)CC1. The van der Waals surface area contributed by atoms with Crippen molar-refractivity contribution in [1.29, 1.82) is 0 Å². The Kier molecular flexibility index (Phi) is 9.59. The monoisotopic (exact) mass is 472 g/mol. The molecule has 0 aromatic heterocycles. The molecule has 4 unspecified atom stereocenters. The van der Waals surface area contributed by atoms with Crippen LogP contribution in [-0.2, 0) is 4.79 Å². The molecular weight excluding hydrogens is 428 g/mol. The normalized spacial score (nSPS) is 32.2. The third kappa shape index (κ3) is 7.00. The number of carbonyl (C=O) groups excluding carboxylic acids is 1. The Morgan fingerprint density at radius 2 is 1.58 bits per heavy atom. The molecule has 0 heterocycles. The summed E-state index contributed by atoms with van der Waals surface area (Å²) in [4.78, 5) is 13.0. The minimum atomic E-state index is -0.00934. The molecule has 4 atom stereocenters. The lowest BCUT2D eigenvalue weighted by Gasteiger charge is -2.46. The zero-order valence-electron chi connectivity index (χ0n) is 20.8. The second kappa shape index (κ2) is 12.6. The van der Waals surface area contributed by atoms with E-state index in [-0.39, 0.29) is 11.9 Å². The van der Waals surface area contributed by atoms with E-state index in [0.29, 0.717) is 16.7 Å². The van der Waals surface area contributed by atoms with Crippen molar-refractivity contribution in [2.75, 3.05) is 0 Å². The summed E-state index contributed by atoms with van der Waals surface area (Å²) >= 11 is 5.97. The molecule has 3 heteroatoms. The first-order valence-corrected chi connectivity index (χ1v) is 14.5. The summed E-state index contributed by atoms with van der Waals surface area (Å²) < 4.78 is 5.77. The first-order valence-electron chi connectivity index (χ1n) is 14.1. The van der Waals surface area contributed by atoms with Crippen molar-refractivity contribution >= 4 is 17.6 Å². The van der Waals surface area contributed by atoms with Crippen molar-refractivity contribution in [2.24, 2.45) is 35.5 Å². The Bertz CT molecular complexity index is 721. The molecule has 0 spiro atoms. The van der Waals surface area contributed by atoms with E-state index in [0.717, 1.165) is 30.1 Å². The number of unbranched alkanes of at least 4 members (excludes halogenated alkanes) is 4. The van der Waals surface area contributed by atoms with Crippen LogP contribution < -0.4 is 4.74 Å². The first kappa shape index (κ1) is 25.1. The highest BCUT2D eigenvalue weighted by molar-refractivity contribution is 6.30. The van der Waals surface area contributed by atoms with Crippen molar-refractivity contribution < 1.29 is 9.53 Å². The second-order valence-electron chi connectivity index (χ2n) is 11.4. The largest absolute Gasteiger partial charge is 0.426 e. The molecule has 0 saturated heterocycles. The van der Waals surface area contributed by atoms with Gasteiger partial charge in [0.2, 0.25) is 0 Å². The van der Waals surface area contributed by atoms with Crippen LogP contribution in [0.5, 0.6) is 5.75 Å². The molecule has 3 fully saturated rings. The van der Waals surface area contributed by atoms with Crippen LogP contribution >= 0.6 is 11.6 Å². The fourth-order valence-electron chi connectivity index (χ4n) is 7.40. The number of fused-ring (bicyclic) bond motifs is 1. The van der Waals surface area contributed by atoms with Gasteiger partial charge in [0.15, 0.2) is 0 Å². The molecule has 3 aliphatic carbocycles. The molecule has 2 nitrogen and oxygen atoms in total. The molecule has 0 amide bonds. The van der Waals surface area contributed by atoms with Gasteiger partial charge in [-0.05, 0) is 92.4 Å². The fourth-order valence-corrected chi connectivity index (χ4v) is 7.53. The number of esters is 1. The number of ether oxygens (including phenoxy) is 1. The molecule has 0 bridgehead atoms. The van der Waals surface area contributed by atoms with E-state index in [4.69, 9.17) is 16.3 Å². The summed E-state index contributed by atoms with van der Waals surface area (Å²) in [6.07, 6.45) is 21.9. The highest BCUT2D eigenvalue weighted by Gasteiger charge is 2.43. The highest BCUT2D eigenvalue weighted by atomic mass is 35.5. The Morgan fingerprint density at radius 3 is 2.33 bits per heavy atom. The van der Waals surface area contributed by atoms with Crippen LogP contribution in [0.2, 0.25) is 5.02 Å². The minimum absolute atomic E-state index is 0.00934. The van der Waals surface area contributed by atoms with Crippen molar-refractivity contribution in [3.63, 3.8) is 0 Å². The van der Waals surface area contributed by atoms with Crippen LogP contribution in [0.15, 0.2) is 24.3 Å². The number of rotatable bonds is 9. The van der Waals surface area contributed by atoms with Crippen LogP contribution in [0, 0.1) is 35.5 Å². The van der Waals surface area contributed by atoms with E-state index in [1.54, 1.807) is 24.3 Å². The quantitative estimate of drug-likeness (QED) is 0.203. The zero-order chi connectivity index (χ0) is 23.0. The molecule has 3 saturated carbocycles. The van der Waals surface area contributed by atoms with Gasteiger partial charge in [0.25, 0.3) is 0 Å². The molecule has 1 aromatic carbocycles. The Balaban J connectivity index is 1.22. The van der Waals surface area contributed by atoms with E-state index in [2.05, 4.69) is 6.92 Å². The third-order valence-corrected chi connectivity index (χ3v) is 9.55. The molecule has 1 aromatic rings. The predicted octanol–water partition coefficient (Wildman–Crippen LogP) is 9.24. The minimum Gasteiger partial charge on any atom is -0.426 e. The van der Waals surface area contributed by atoms with Crippen LogP contribution in [0.4, 0.5) is 0 Å². The average molecular weight is 473 g/mol. The van der Waals surface area contributed by atoms with Gasteiger partial charge in [-0.15, -0.1) is 0 Å². The summed E-state index contributed by atoms with van der Waals surface area (Å²) in [5.41, 5.74) is 0. The standard InChI is InChI=1S/C30H45ClO2/c1-2-3-4-5-6-8-22-11-13-23(14-12-22)24-15-20-28-25(21-24)9-7-10-29(28)30(32)33-27-18-16-26(31)17-19-27/h16-19,22-25,28-29H,2-15,20-21H2,1H3. The molecule has 3 aliphatic rings. The zero-order valence-corrected chi connectivity index (χ0v) is 21.5. The molecule has 0 aliphatic heterocycles. The number of hydrogen-bond acceptors (Lipinski definition) is 2. The van der Waals surface area contributed by atoms with Crippen LogP contribution in [0.1, 0.15) is 110 Å². The summed E-state index contributed by atoms with van der Waals surface area (Å²) in [5, 5.41) is 0.673. The van der Waals surface area contributed by atoms with Gasteiger partial charge in [0.05, 0.1) is 5.92 Å². The fraction of sp³-hybridized carbons (Fsp3) is 0.767. The van der Waals surface area contributed by atoms with Gasteiger partial charge in [-0.25, -0.2) is 0 Å². The van der Waals surface area contributed by atoms with Crippen molar-refractivity contribution in [2.45, 2.75) is 110 Å². The number of carbonyl (C=O) groups is 1. The second-order valence-corrected chi connectivity index (χ2v) is 11.8. The number of benzene rings is 1. The molecule has 0 N–H and O–H groups in total. The van der Waals surface area contributed by atoms with Crippen molar-refractivity contribution in [3.8, 4) is 5.75 Å². The van der Waals surface area contributed by atoms with Crippen molar-refractivity contribution in [3.05, 3.63) is 29.3 Å². The summed E-state index contributed by atoms with van der Waals surface area (Å²) in [5.74, 6) is 4.83. The van der Waals surface area contributed by atoms with E-state index < -0.39 is 0 Å². The smallest absolute Gasteiger partial charge is 0.314 e. The van der Waals surface area contributed by atoms with Crippen LogP contribution in [0.3, 0.4) is 0 Å². The van der Waals surface area contributed by atoms with Gasteiger partial charge in [-0.1, -0.05) is 82.7 Å². The lowest BCUT2D eigenvalue weighted by atomic mass is 9.59. The lowest BCUT2D eigenvalue weighted by molar-refractivity contribution is -0.144. The van der Waals surface area contributed by atoms with Crippen molar-refractivity contribution in [1.82, 2.24) is 0 Å². The molecular formula is C30H45ClO2. The molecule has 33 heavy (non-hydrogen) atoms. The summed E-state index contributed by atoms with van der Waals surface area (Å²) in [6, 6.07) is 7.19.